The Kier molecular flexibility index (Phi) is 6.99. The van der Waals surface area contributed by atoms with E-state index in [4.69, 9.17) is 16.3 Å². The van der Waals surface area contributed by atoms with Gasteiger partial charge in [-0.15, -0.1) is 12.4 Å². The van der Waals surface area contributed by atoms with Gasteiger partial charge in [0.15, 0.2) is 6.61 Å². The molecule has 1 saturated heterocycles. The molecule has 1 heterocycles. The third-order valence-electron chi connectivity index (χ3n) is 2.85. The molecule has 6 heteroatoms. The van der Waals surface area contributed by atoms with Gasteiger partial charge in [-0.05, 0) is 43.7 Å². The summed E-state index contributed by atoms with van der Waals surface area (Å²) in [5.41, 5.74) is 0. The Hall–Kier alpha value is -0.970. The van der Waals surface area contributed by atoms with Crippen LogP contribution in [0.15, 0.2) is 24.3 Å². The highest BCUT2D eigenvalue weighted by Gasteiger charge is 2.15. The summed E-state index contributed by atoms with van der Waals surface area (Å²) < 4.78 is 5.37. The molecule has 0 bridgehead atoms. The molecule has 0 radical (unpaired) electrons. The van der Waals surface area contributed by atoms with E-state index >= 15 is 0 Å². The maximum atomic E-state index is 11.7. The Balaban J connectivity index is 0.00000180. The molecule has 1 aliphatic heterocycles. The second-order valence-electron chi connectivity index (χ2n) is 4.35. The predicted octanol–water partition coefficient (Wildman–Crippen LogP) is 2.01. The number of rotatable bonds is 4. The number of amides is 1. The van der Waals surface area contributed by atoms with Crippen molar-refractivity contribution in [2.45, 2.75) is 18.9 Å². The normalized spacial score (nSPS) is 18.3. The highest BCUT2D eigenvalue weighted by Crippen LogP contribution is 2.15. The minimum atomic E-state index is -0.0846. The smallest absolute Gasteiger partial charge is 0.258 e. The number of carbonyl (C=O) groups is 1. The van der Waals surface area contributed by atoms with Crippen LogP contribution in [0, 0.1) is 0 Å². The Bertz CT molecular complexity index is 392. The van der Waals surface area contributed by atoms with Gasteiger partial charge in [-0.3, -0.25) is 4.79 Å². The van der Waals surface area contributed by atoms with Crippen molar-refractivity contribution in [3.8, 4) is 5.75 Å². The number of piperidine rings is 1. The molecule has 1 aromatic carbocycles. The van der Waals surface area contributed by atoms with Gasteiger partial charge in [-0.1, -0.05) is 11.6 Å². The Labute approximate surface area is 124 Å². The third kappa shape index (κ3) is 5.68. The van der Waals surface area contributed by atoms with Crippen LogP contribution in [0.25, 0.3) is 0 Å². The summed E-state index contributed by atoms with van der Waals surface area (Å²) in [6, 6.07) is 7.19. The van der Waals surface area contributed by atoms with Crippen LogP contribution >= 0.6 is 24.0 Å². The largest absolute Gasteiger partial charge is 0.484 e. The van der Waals surface area contributed by atoms with Crippen LogP contribution in [0.4, 0.5) is 0 Å². The SMILES string of the molecule is Cl.O=C(COc1ccc(Cl)cc1)NC1CCCNC1. The molecule has 1 amide bonds. The Morgan fingerprint density at radius 2 is 2.16 bits per heavy atom. The molecule has 1 fully saturated rings. The Morgan fingerprint density at radius 1 is 1.42 bits per heavy atom. The van der Waals surface area contributed by atoms with Gasteiger partial charge in [0.25, 0.3) is 5.91 Å². The van der Waals surface area contributed by atoms with E-state index in [1.807, 2.05) is 0 Å². The second-order valence-corrected chi connectivity index (χ2v) is 4.79. The van der Waals surface area contributed by atoms with Crippen molar-refractivity contribution in [1.29, 1.82) is 0 Å². The highest BCUT2D eigenvalue weighted by molar-refractivity contribution is 6.30. The molecule has 1 atom stereocenters. The van der Waals surface area contributed by atoms with Crippen LogP contribution in [0.3, 0.4) is 0 Å². The third-order valence-corrected chi connectivity index (χ3v) is 3.10. The molecular formula is C13H18Cl2N2O2. The van der Waals surface area contributed by atoms with Crippen LogP contribution < -0.4 is 15.4 Å². The van der Waals surface area contributed by atoms with Crippen LogP contribution in [0.1, 0.15) is 12.8 Å². The summed E-state index contributed by atoms with van der Waals surface area (Å²) in [7, 11) is 0. The lowest BCUT2D eigenvalue weighted by atomic mass is 10.1. The van der Waals surface area contributed by atoms with Crippen molar-refractivity contribution in [3.05, 3.63) is 29.3 Å². The highest BCUT2D eigenvalue weighted by atomic mass is 35.5. The van der Waals surface area contributed by atoms with Crippen molar-refractivity contribution in [2.24, 2.45) is 0 Å². The fourth-order valence-electron chi connectivity index (χ4n) is 1.92. The molecule has 0 saturated carbocycles. The molecule has 1 aliphatic rings. The van der Waals surface area contributed by atoms with Gasteiger partial charge in [0, 0.05) is 17.6 Å². The summed E-state index contributed by atoms with van der Waals surface area (Å²) in [6.45, 7) is 1.92. The summed E-state index contributed by atoms with van der Waals surface area (Å²) in [5.74, 6) is 0.565. The summed E-state index contributed by atoms with van der Waals surface area (Å²) in [4.78, 5) is 11.7. The van der Waals surface area contributed by atoms with Crippen LogP contribution in [-0.2, 0) is 4.79 Å². The quantitative estimate of drug-likeness (QED) is 0.894. The first-order chi connectivity index (χ1) is 8.74. The first-order valence-corrected chi connectivity index (χ1v) is 6.50. The van der Waals surface area contributed by atoms with Crippen molar-refractivity contribution >= 4 is 29.9 Å². The Morgan fingerprint density at radius 3 is 2.79 bits per heavy atom. The van der Waals surface area contributed by atoms with E-state index in [1.165, 1.54) is 0 Å². The lowest BCUT2D eigenvalue weighted by molar-refractivity contribution is -0.123. The van der Waals surface area contributed by atoms with Gasteiger partial charge in [0.2, 0.25) is 0 Å². The maximum Gasteiger partial charge on any atom is 0.258 e. The lowest BCUT2D eigenvalue weighted by Crippen LogP contribution is -2.46. The molecule has 0 spiro atoms. The summed E-state index contributed by atoms with van der Waals surface area (Å²) in [5, 5.41) is 6.85. The molecule has 0 aliphatic carbocycles. The van der Waals surface area contributed by atoms with Crippen molar-refractivity contribution in [1.82, 2.24) is 10.6 Å². The predicted molar refractivity (Wildman–Crippen MR) is 78.2 cm³/mol. The number of nitrogens with one attached hydrogen (secondary N) is 2. The number of benzene rings is 1. The zero-order chi connectivity index (χ0) is 12.8. The number of hydrogen-bond acceptors (Lipinski definition) is 3. The number of carbonyl (C=O) groups excluding carboxylic acids is 1. The molecule has 1 unspecified atom stereocenters. The van der Waals surface area contributed by atoms with Gasteiger partial charge >= 0.3 is 0 Å². The number of halogens is 2. The standard InChI is InChI=1S/C13H17ClN2O2.ClH/c14-10-3-5-12(6-4-10)18-9-13(17)16-11-2-1-7-15-8-11;/h3-6,11,15H,1-2,7-9H2,(H,16,17);1H. The zero-order valence-corrected chi connectivity index (χ0v) is 12.1. The van der Waals surface area contributed by atoms with Crippen molar-refractivity contribution in [3.63, 3.8) is 0 Å². The minimum Gasteiger partial charge on any atom is -0.484 e. The van der Waals surface area contributed by atoms with Crippen molar-refractivity contribution in [2.75, 3.05) is 19.7 Å². The minimum absolute atomic E-state index is 0. The van der Waals surface area contributed by atoms with Gasteiger partial charge in [-0.25, -0.2) is 0 Å². The van der Waals surface area contributed by atoms with E-state index in [0.717, 1.165) is 25.9 Å². The first-order valence-electron chi connectivity index (χ1n) is 6.12. The fraction of sp³-hybridized carbons (Fsp3) is 0.462. The monoisotopic (exact) mass is 304 g/mol. The van der Waals surface area contributed by atoms with E-state index in [9.17, 15) is 4.79 Å². The van der Waals surface area contributed by atoms with E-state index in [2.05, 4.69) is 10.6 Å². The van der Waals surface area contributed by atoms with Gasteiger partial charge < -0.3 is 15.4 Å². The van der Waals surface area contributed by atoms with Gasteiger partial charge in [0.05, 0.1) is 0 Å². The van der Waals surface area contributed by atoms with Gasteiger partial charge in [0.1, 0.15) is 5.75 Å². The van der Waals surface area contributed by atoms with E-state index in [-0.39, 0.29) is 31.0 Å². The van der Waals surface area contributed by atoms with E-state index in [1.54, 1.807) is 24.3 Å². The summed E-state index contributed by atoms with van der Waals surface area (Å²) in [6.07, 6.45) is 2.13. The number of hydrogen-bond donors (Lipinski definition) is 2. The second kappa shape index (κ2) is 8.25. The topological polar surface area (TPSA) is 50.4 Å². The first kappa shape index (κ1) is 16.1. The molecule has 4 nitrogen and oxygen atoms in total. The lowest BCUT2D eigenvalue weighted by Gasteiger charge is -2.23. The van der Waals surface area contributed by atoms with Crippen molar-refractivity contribution < 1.29 is 9.53 Å². The molecule has 0 aromatic heterocycles. The fourth-order valence-corrected chi connectivity index (χ4v) is 2.05. The van der Waals surface area contributed by atoms with Gasteiger partial charge in [-0.2, -0.15) is 0 Å². The molecule has 106 valence electrons. The zero-order valence-electron chi connectivity index (χ0n) is 10.5. The molecule has 19 heavy (non-hydrogen) atoms. The van der Waals surface area contributed by atoms with Crippen LogP contribution in [-0.4, -0.2) is 31.6 Å². The van der Waals surface area contributed by atoms with Crippen LogP contribution in [0.2, 0.25) is 5.02 Å². The average Bonchev–Trinajstić information content (AvgIpc) is 2.39. The van der Waals surface area contributed by atoms with E-state index < -0.39 is 0 Å². The molecule has 1 aromatic rings. The van der Waals surface area contributed by atoms with E-state index in [0.29, 0.717) is 10.8 Å². The number of ether oxygens (including phenoxy) is 1. The molecular weight excluding hydrogens is 287 g/mol. The average molecular weight is 305 g/mol. The molecule has 2 rings (SSSR count). The maximum absolute atomic E-state index is 11.7. The molecule has 2 N–H and O–H groups in total. The summed E-state index contributed by atoms with van der Waals surface area (Å²) >= 11 is 5.76. The van der Waals surface area contributed by atoms with Crippen LogP contribution in [0.5, 0.6) is 5.75 Å².